The van der Waals surface area contributed by atoms with Gasteiger partial charge in [-0.05, 0) is 24.1 Å². The Morgan fingerprint density at radius 2 is 2.10 bits per heavy atom. The summed E-state index contributed by atoms with van der Waals surface area (Å²) in [5.41, 5.74) is 0.995. The van der Waals surface area contributed by atoms with Crippen molar-refractivity contribution in [2.75, 3.05) is 39.9 Å². The van der Waals surface area contributed by atoms with Crippen LogP contribution < -0.4 is 10.1 Å². The Morgan fingerprint density at radius 3 is 2.70 bits per heavy atom. The summed E-state index contributed by atoms with van der Waals surface area (Å²) in [5, 5.41) is 12.6. The molecule has 1 aromatic rings. The van der Waals surface area contributed by atoms with Crippen LogP contribution in [0.2, 0.25) is 0 Å². The first kappa shape index (κ1) is 17.2. The van der Waals surface area contributed by atoms with E-state index in [1.807, 2.05) is 0 Å². The average Bonchev–Trinajstić information content (AvgIpc) is 2.46. The molecule has 0 bridgehead atoms. The maximum atomic E-state index is 13.5. The first-order valence-electron chi connectivity index (χ1n) is 6.65. The fraction of sp³-hybridized carbons (Fsp3) is 0.571. The molecular formula is C14H22ClFN2O2. The second-order valence-electron chi connectivity index (χ2n) is 4.71. The van der Waals surface area contributed by atoms with Crippen molar-refractivity contribution in [3.05, 3.63) is 29.6 Å². The summed E-state index contributed by atoms with van der Waals surface area (Å²) in [5.74, 6) is -0.0927. The highest BCUT2D eigenvalue weighted by Crippen LogP contribution is 2.28. The predicted octanol–water partition coefficient (Wildman–Crippen LogP) is 1.58. The van der Waals surface area contributed by atoms with Gasteiger partial charge < -0.3 is 15.2 Å². The standard InChI is InChI=1S/C14H21FN2O2.ClH/c1-19-14-10-11(2-3-12(14)15)13(4-9-18)17-7-5-16-6-8-17;/h2-3,10,13,16,18H,4-9H2,1H3;1H/t13-;/m1./s1. The third kappa shape index (κ3) is 4.06. The Balaban J connectivity index is 0.00000200. The van der Waals surface area contributed by atoms with Crippen molar-refractivity contribution in [3.8, 4) is 5.75 Å². The first-order chi connectivity index (χ1) is 9.26. The zero-order chi connectivity index (χ0) is 13.7. The molecule has 0 spiro atoms. The predicted molar refractivity (Wildman–Crippen MR) is 79.1 cm³/mol. The third-order valence-corrected chi connectivity index (χ3v) is 3.55. The molecule has 1 saturated heterocycles. The van der Waals surface area contributed by atoms with E-state index in [-0.39, 0.29) is 36.6 Å². The van der Waals surface area contributed by atoms with Crippen molar-refractivity contribution >= 4 is 12.4 Å². The van der Waals surface area contributed by atoms with Gasteiger partial charge in [0.15, 0.2) is 11.6 Å². The number of piperazine rings is 1. The minimum Gasteiger partial charge on any atom is -0.494 e. The van der Waals surface area contributed by atoms with Crippen molar-refractivity contribution in [2.45, 2.75) is 12.5 Å². The van der Waals surface area contributed by atoms with Gasteiger partial charge in [0.05, 0.1) is 7.11 Å². The molecule has 1 fully saturated rings. The molecule has 1 aromatic carbocycles. The number of aliphatic hydroxyl groups is 1. The van der Waals surface area contributed by atoms with Gasteiger partial charge in [0.1, 0.15) is 0 Å². The number of aliphatic hydroxyl groups excluding tert-OH is 1. The first-order valence-corrected chi connectivity index (χ1v) is 6.65. The quantitative estimate of drug-likeness (QED) is 0.867. The lowest BCUT2D eigenvalue weighted by atomic mass is 10.0. The largest absolute Gasteiger partial charge is 0.494 e. The van der Waals surface area contributed by atoms with Gasteiger partial charge >= 0.3 is 0 Å². The van der Waals surface area contributed by atoms with Crippen LogP contribution >= 0.6 is 12.4 Å². The number of rotatable bonds is 5. The SMILES string of the molecule is COc1cc([C@@H](CCO)N2CCNCC2)ccc1F.Cl. The number of halogens is 2. The molecule has 6 heteroatoms. The highest BCUT2D eigenvalue weighted by atomic mass is 35.5. The Labute approximate surface area is 125 Å². The number of ether oxygens (including phenoxy) is 1. The van der Waals surface area contributed by atoms with Gasteiger partial charge in [0.25, 0.3) is 0 Å². The molecule has 0 amide bonds. The van der Waals surface area contributed by atoms with Crippen LogP contribution in [0.15, 0.2) is 18.2 Å². The second kappa shape index (κ2) is 8.42. The zero-order valence-corrected chi connectivity index (χ0v) is 12.5. The maximum Gasteiger partial charge on any atom is 0.165 e. The van der Waals surface area contributed by atoms with E-state index in [9.17, 15) is 9.50 Å². The Kier molecular flexibility index (Phi) is 7.23. The van der Waals surface area contributed by atoms with E-state index in [4.69, 9.17) is 4.74 Å². The van der Waals surface area contributed by atoms with Crippen LogP contribution in [0.3, 0.4) is 0 Å². The number of hydrogen-bond acceptors (Lipinski definition) is 4. The van der Waals surface area contributed by atoms with Crippen molar-refractivity contribution in [3.63, 3.8) is 0 Å². The van der Waals surface area contributed by atoms with Gasteiger partial charge in [-0.1, -0.05) is 6.07 Å². The summed E-state index contributed by atoms with van der Waals surface area (Å²) in [6, 6.07) is 5.06. The molecule has 0 radical (unpaired) electrons. The molecule has 0 unspecified atom stereocenters. The van der Waals surface area contributed by atoms with E-state index < -0.39 is 0 Å². The van der Waals surface area contributed by atoms with Crippen LogP contribution in [0, 0.1) is 5.82 Å². The van der Waals surface area contributed by atoms with Crippen LogP contribution in [0.25, 0.3) is 0 Å². The molecule has 1 atom stereocenters. The van der Waals surface area contributed by atoms with Gasteiger partial charge in [0.2, 0.25) is 0 Å². The number of methoxy groups -OCH3 is 1. The van der Waals surface area contributed by atoms with Crippen LogP contribution in [0.5, 0.6) is 5.75 Å². The Hall–Kier alpha value is -0.880. The van der Waals surface area contributed by atoms with Crippen LogP contribution in [-0.2, 0) is 0 Å². The van der Waals surface area contributed by atoms with Crippen LogP contribution in [0.4, 0.5) is 4.39 Å². The summed E-state index contributed by atoms with van der Waals surface area (Å²) in [6.07, 6.45) is 0.648. The molecule has 2 N–H and O–H groups in total. The molecular weight excluding hydrogens is 283 g/mol. The van der Waals surface area contributed by atoms with Gasteiger partial charge in [0, 0.05) is 38.8 Å². The molecule has 1 aliphatic rings. The highest BCUT2D eigenvalue weighted by molar-refractivity contribution is 5.85. The second-order valence-corrected chi connectivity index (χ2v) is 4.71. The van der Waals surface area contributed by atoms with E-state index >= 15 is 0 Å². The van der Waals surface area contributed by atoms with Crippen molar-refractivity contribution in [1.29, 1.82) is 0 Å². The molecule has 2 rings (SSSR count). The summed E-state index contributed by atoms with van der Waals surface area (Å²) < 4.78 is 18.5. The Morgan fingerprint density at radius 1 is 1.40 bits per heavy atom. The van der Waals surface area contributed by atoms with Gasteiger partial charge in [-0.15, -0.1) is 12.4 Å². The van der Waals surface area contributed by atoms with Crippen molar-refractivity contribution in [1.82, 2.24) is 10.2 Å². The molecule has 114 valence electrons. The average molecular weight is 305 g/mol. The van der Waals surface area contributed by atoms with Crippen LogP contribution in [-0.4, -0.2) is 49.9 Å². The minimum absolute atomic E-state index is 0. The molecule has 1 aliphatic heterocycles. The van der Waals surface area contributed by atoms with E-state index in [0.717, 1.165) is 31.7 Å². The summed E-state index contributed by atoms with van der Waals surface area (Å²) in [7, 11) is 1.47. The smallest absolute Gasteiger partial charge is 0.165 e. The van der Waals surface area contributed by atoms with Gasteiger partial charge in [-0.3, -0.25) is 4.90 Å². The lowest BCUT2D eigenvalue weighted by Crippen LogP contribution is -2.45. The number of hydrogen-bond donors (Lipinski definition) is 2. The maximum absolute atomic E-state index is 13.5. The molecule has 0 saturated carbocycles. The topological polar surface area (TPSA) is 44.7 Å². The van der Waals surface area contributed by atoms with Gasteiger partial charge in [-0.2, -0.15) is 0 Å². The lowest BCUT2D eigenvalue weighted by molar-refractivity contribution is 0.141. The van der Waals surface area contributed by atoms with E-state index in [1.54, 1.807) is 12.1 Å². The number of nitrogens with zero attached hydrogens (tertiary/aromatic N) is 1. The molecule has 0 aromatic heterocycles. The molecule has 1 heterocycles. The zero-order valence-electron chi connectivity index (χ0n) is 11.6. The van der Waals surface area contributed by atoms with E-state index in [1.165, 1.54) is 13.2 Å². The van der Waals surface area contributed by atoms with E-state index in [0.29, 0.717) is 6.42 Å². The normalized spacial score (nSPS) is 17.4. The number of nitrogens with one attached hydrogen (secondary N) is 1. The van der Waals surface area contributed by atoms with Crippen molar-refractivity contribution in [2.24, 2.45) is 0 Å². The fourth-order valence-electron chi connectivity index (χ4n) is 2.56. The number of benzene rings is 1. The highest BCUT2D eigenvalue weighted by Gasteiger charge is 2.22. The monoisotopic (exact) mass is 304 g/mol. The van der Waals surface area contributed by atoms with Crippen LogP contribution in [0.1, 0.15) is 18.0 Å². The van der Waals surface area contributed by atoms with Crippen molar-refractivity contribution < 1.29 is 14.2 Å². The fourth-order valence-corrected chi connectivity index (χ4v) is 2.56. The lowest BCUT2D eigenvalue weighted by Gasteiger charge is -2.35. The summed E-state index contributed by atoms with van der Waals surface area (Å²) in [6.45, 7) is 3.88. The molecule has 4 nitrogen and oxygen atoms in total. The van der Waals surface area contributed by atoms with E-state index in [2.05, 4.69) is 10.2 Å². The molecule has 20 heavy (non-hydrogen) atoms. The Bertz CT molecular complexity index is 414. The summed E-state index contributed by atoms with van der Waals surface area (Å²) >= 11 is 0. The van der Waals surface area contributed by atoms with Gasteiger partial charge in [-0.25, -0.2) is 4.39 Å². The summed E-state index contributed by atoms with van der Waals surface area (Å²) in [4.78, 5) is 2.32. The minimum atomic E-state index is -0.352. The third-order valence-electron chi connectivity index (χ3n) is 3.55. The molecule has 0 aliphatic carbocycles.